The molecule has 1 aliphatic carbocycles. The van der Waals surface area contributed by atoms with Crippen LogP contribution >= 0.6 is 11.3 Å². The number of nitrogens with one attached hydrogen (secondary N) is 1. The molecule has 0 spiro atoms. The van der Waals surface area contributed by atoms with Gasteiger partial charge in [-0.1, -0.05) is 24.3 Å². The van der Waals surface area contributed by atoms with Crippen LogP contribution in [0.25, 0.3) is 11.3 Å². The van der Waals surface area contributed by atoms with Gasteiger partial charge in [0, 0.05) is 63.3 Å². The van der Waals surface area contributed by atoms with E-state index < -0.39 is 11.0 Å². The standard InChI is InChI=1S/C32H42N6O4S/c1-23(39)37-14-12-36(13-15-37)10-7-11-38-21-26(19-34-38)27-22-43-28(35-27)20-33-30(41)32(18-29(40)42-31(2,3)4)16-24-8-5-6-9-25(24)17-32/h5-6,8-9,19,21-22H,7,10-18,20H2,1-4H3,(H,33,41). The lowest BCUT2D eigenvalue weighted by Crippen LogP contribution is -2.48. The maximum Gasteiger partial charge on any atom is 0.307 e. The minimum Gasteiger partial charge on any atom is -0.460 e. The highest BCUT2D eigenvalue weighted by Crippen LogP contribution is 2.41. The van der Waals surface area contributed by atoms with E-state index in [1.807, 2.05) is 72.4 Å². The summed E-state index contributed by atoms with van der Waals surface area (Å²) in [5.74, 6) is -0.361. The Bertz CT molecular complexity index is 1420. The molecule has 11 heteroatoms. The number of hydrogen-bond donors (Lipinski definition) is 1. The van der Waals surface area contributed by atoms with Crippen molar-refractivity contribution in [2.45, 2.75) is 72.1 Å². The van der Waals surface area contributed by atoms with Crippen LogP contribution in [-0.4, -0.2) is 80.7 Å². The normalized spacial score (nSPS) is 16.6. The van der Waals surface area contributed by atoms with Gasteiger partial charge in [0.2, 0.25) is 11.8 Å². The molecule has 3 heterocycles. The summed E-state index contributed by atoms with van der Waals surface area (Å²) >= 11 is 1.50. The van der Waals surface area contributed by atoms with Crippen molar-refractivity contribution in [1.82, 2.24) is 29.9 Å². The zero-order valence-corrected chi connectivity index (χ0v) is 26.4. The van der Waals surface area contributed by atoms with Crippen molar-refractivity contribution in [1.29, 1.82) is 0 Å². The Morgan fingerprint density at radius 2 is 1.74 bits per heavy atom. The highest BCUT2D eigenvalue weighted by Gasteiger charge is 2.46. The molecule has 0 saturated carbocycles. The Morgan fingerprint density at radius 1 is 1.05 bits per heavy atom. The number of nitrogens with zero attached hydrogens (tertiary/aromatic N) is 5. The Morgan fingerprint density at radius 3 is 2.40 bits per heavy atom. The van der Waals surface area contributed by atoms with Crippen molar-refractivity contribution in [2.75, 3.05) is 32.7 Å². The van der Waals surface area contributed by atoms with Crippen LogP contribution in [0, 0.1) is 5.41 Å². The maximum atomic E-state index is 13.7. The molecule has 2 amide bonds. The molecular formula is C32H42N6O4S. The van der Waals surface area contributed by atoms with Gasteiger partial charge in [0.25, 0.3) is 0 Å². The minimum absolute atomic E-state index is 0.0295. The first-order chi connectivity index (χ1) is 20.5. The summed E-state index contributed by atoms with van der Waals surface area (Å²) in [4.78, 5) is 47.1. The van der Waals surface area contributed by atoms with Gasteiger partial charge in [-0.3, -0.25) is 24.0 Å². The second kappa shape index (κ2) is 13.0. The molecule has 2 aromatic heterocycles. The van der Waals surface area contributed by atoms with Gasteiger partial charge in [-0.15, -0.1) is 11.3 Å². The Kier molecular flexibility index (Phi) is 9.31. The van der Waals surface area contributed by atoms with Gasteiger partial charge in [-0.2, -0.15) is 5.10 Å². The van der Waals surface area contributed by atoms with Gasteiger partial charge in [-0.05, 0) is 51.2 Å². The lowest BCUT2D eigenvalue weighted by atomic mass is 9.80. The Balaban J connectivity index is 1.14. The van der Waals surface area contributed by atoms with E-state index in [0.717, 1.165) is 73.1 Å². The SMILES string of the molecule is CC(=O)N1CCN(CCCn2cc(-c3csc(CNC(=O)C4(CC(=O)OC(C)(C)C)Cc5ccccc5C4)n3)cn2)CC1. The van der Waals surface area contributed by atoms with Gasteiger partial charge < -0.3 is 15.0 Å². The van der Waals surface area contributed by atoms with Crippen molar-refractivity contribution < 1.29 is 19.1 Å². The molecule has 1 saturated heterocycles. The number of fused-ring (bicyclic) bond motifs is 1. The van der Waals surface area contributed by atoms with Crippen molar-refractivity contribution in [3.05, 3.63) is 58.2 Å². The zero-order chi connectivity index (χ0) is 30.6. The lowest BCUT2D eigenvalue weighted by molar-refractivity contribution is -0.160. The number of benzene rings is 1. The van der Waals surface area contributed by atoms with Crippen molar-refractivity contribution in [3.63, 3.8) is 0 Å². The van der Waals surface area contributed by atoms with Crippen molar-refractivity contribution in [3.8, 4) is 11.3 Å². The number of amides is 2. The fourth-order valence-corrected chi connectivity index (χ4v) is 6.69. The van der Waals surface area contributed by atoms with E-state index in [2.05, 4.69) is 15.3 Å². The second-order valence-electron chi connectivity index (χ2n) is 12.7. The molecule has 0 radical (unpaired) electrons. The molecule has 0 bridgehead atoms. The molecule has 0 unspecified atom stereocenters. The molecule has 0 atom stereocenters. The molecule has 1 aromatic carbocycles. The fraction of sp³-hybridized carbons (Fsp3) is 0.531. The maximum absolute atomic E-state index is 13.7. The summed E-state index contributed by atoms with van der Waals surface area (Å²) in [5, 5.41) is 10.4. The largest absolute Gasteiger partial charge is 0.460 e. The Labute approximate surface area is 257 Å². The van der Waals surface area contributed by atoms with E-state index >= 15 is 0 Å². The summed E-state index contributed by atoms with van der Waals surface area (Å²) in [5.41, 5.74) is 2.48. The monoisotopic (exact) mass is 606 g/mol. The van der Waals surface area contributed by atoms with Crippen LogP contribution in [0.2, 0.25) is 0 Å². The highest BCUT2D eigenvalue weighted by atomic mass is 32.1. The number of hydrogen-bond acceptors (Lipinski definition) is 8. The summed E-state index contributed by atoms with van der Waals surface area (Å²) < 4.78 is 7.55. The number of carbonyl (C=O) groups is 3. The first-order valence-electron chi connectivity index (χ1n) is 15.0. The number of aromatic nitrogens is 3. The van der Waals surface area contributed by atoms with E-state index in [1.165, 1.54) is 11.3 Å². The number of rotatable bonds is 10. The first-order valence-corrected chi connectivity index (χ1v) is 15.9. The summed E-state index contributed by atoms with van der Waals surface area (Å²) in [7, 11) is 0. The molecule has 1 aliphatic heterocycles. The Hall–Kier alpha value is -3.57. The third-order valence-corrected chi connectivity index (χ3v) is 8.97. The number of carbonyl (C=O) groups excluding carboxylic acids is 3. The van der Waals surface area contributed by atoms with E-state index in [1.54, 1.807) is 6.92 Å². The zero-order valence-electron chi connectivity index (χ0n) is 25.6. The topological polar surface area (TPSA) is 110 Å². The predicted molar refractivity (Wildman–Crippen MR) is 165 cm³/mol. The smallest absolute Gasteiger partial charge is 0.307 e. The first kappa shape index (κ1) is 30.9. The van der Waals surface area contributed by atoms with E-state index in [0.29, 0.717) is 19.4 Å². The highest BCUT2D eigenvalue weighted by molar-refractivity contribution is 7.09. The molecular weight excluding hydrogens is 564 g/mol. The second-order valence-corrected chi connectivity index (χ2v) is 13.6. The predicted octanol–water partition coefficient (Wildman–Crippen LogP) is 3.69. The van der Waals surface area contributed by atoms with Crippen molar-refractivity contribution in [2.24, 2.45) is 5.41 Å². The molecule has 10 nitrogen and oxygen atoms in total. The fourth-order valence-electron chi connectivity index (χ4n) is 5.94. The average molecular weight is 607 g/mol. The van der Waals surface area contributed by atoms with Crippen LogP contribution in [0.15, 0.2) is 42.0 Å². The summed E-state index contributed by atoms with van der Waals surface area (Å²) in [6.45, 7) is 12.6. The minimum atomic E-state index is -0.881. The van der Waals surface area contributed by atoms with Gasteiger partial charge in [0.1, 0.15) is 10.6 Å². The van der Waals surface area contributed by atoms with Crippen LogP contribution in [-0.2, 0) is 45.1 Å². The third kappa shape index (κ3) is 7.88. The number of aryl methyl sites for hydroxylation is 1. The van der Waals surface area contributed by atoms with Crippen LogP contribution < -0.4 is 5.32 Å². The third-order valence-electron chi connectivity index (χ3n) is 8.12. The lowest BCUT2D eigenvalue weighted by Gasteiger charge is -2.34. The summed E-state index contributed by atoms with van der Waals surface area (Å²) in [6, 6.07) is 8.00. The van der Waals surface area contributed by atoms with E-state index in [4.69, 9.17) is 9.72 Å². The molecule has 1 N–H and O–H groups in total. The molecule has 43 heavy (non-hydrogen) atoms. The molecule has 2 aliphatic rings. The molecule has 1 fully saturated rings. The van der Waals surface area contributed by atoms with Gasteiger partial charge in [-0.25, -0.2) is 4.98 Å². The number of thiazole rings is 1. The van der Waals surface area contributed by atoms with Gasteiger partial charge in [0.05, 0.1) is 30.3 Å². The van der Waals surface area contributed by atoms with Crippen LogP contribution in [0.4, 0.5) is 0 Å². The molecule has 5 rings (SSSR count). The van der Waals surface area contributed by atoms with Crippen LogP contribution in [0.5, 0.6) is 0 Å². The van der Waals surface area contributed by atoms with Gasteiger partial charge in [0.15, 0.2) is 0 Å². The number of piperazine rings is 1. The number of ether oxygens (including phenoxy) is 1. The van der Waals surface area contributed by atoms with E-state index in [-0.39, 0.29) is 24.2 Å². The molecule has 230 valence electrons. The summed E-state index contributed by atoms with van der Waals surface area (Å²) in [6.07, 6.45) is 5.85. The van der Waals surface area contributed by atoms with Gasteiger partial charge >= 0.3 is 5.97 Å². The van der Waals surface area contributed by atoms with Crippen molar-refractivity contribution >= 4 is 29.1 Å². The van der Waals surface area contributed by atoms with Crippen LogP contribution in [0.3, 0.4) is 0 Å². The van der Waals surface area contributed by atoms with Crippen LogP contribution in [0.1, 0.15) is 56.7 Å². The number of esters is 1. The average Bonchev–Trinajstić information content (AvgIpc) is 3.69. The van der Waals surface area contributed by atoms with E-state index in [9.17, 15) is 14.4 Å². The quantitative estimate of drug-likeness (QED) is 0.351. The molecule has 3 aromatic rings.